The van der Waals surface area contributed by atoms with E-state index in [1.807, 2.05) is 0 Å². The lowest BCUT2D eigenvalue weighted by Crippen LogP contribution is -2.05. The fourth-order valence-electron chi connectivity index (χ4n) is 2.55. The summed E-state index contributed by atoms with van der Waals surface area (Å²) >= 11 is 0. The molecule has 1 unspecified atom stereocenters. The zero-order chi connectivity index (χ0) is 10.7. The molecule has 0 aromatic heterocycles. The Morgan fingerprint density at radius 2 is 1.80 bits per heavy atom. The second-order valence-corrected chi connectivity index (χ2v) is 4.57. The summed E-state index contributed by atoms with van der Waals surface area (Å²) in [5, 5.41) is 0. The lowest BCUT2D eigenvalue weighted by atomic mass is 9.85. The third-order valence-corrected chi connectivity index (χ3v) is 3.61. The third kappa shape index (κ3) is 2.45. The van der Waals surface area contributed by atoms with Crippen LogP contribution in [0.3, 0.4) is 0 Å². The van der Waals surface area contributed by atoms with Crippen molar-refractivity contribution in [1.82, 2.24) is 0 Å². The number of hydrogen-bond acceptors (Lipinski definition) is 0. The van der Waals surface area contributed by atoms with Crippen LogP contribution in [0, 0.1) is 5.92 Å². The smallest absolute Gasteiger partial charge is 0.0162 e. The van der Waals surface area contributed by atoms with Crippen molar-refractivity contribution >= 4 is 7.85 Å². The average molecular weight is 201 g/mol. The van der Waals surface area contributed by atoms with E-state index >= 15 is 0 Å². The van der Waals surface area contributed by atoms with Gasteiger partial charge in [-0.25, -0.2) is 0 Å². The van der Waals surface area contributed by atoms with Gasteiger partial charge in [0.05, 0.1) is 0 Å². The molecular weight excluding hydrogens is 179 g/mol. The van der Waals surface area contributed by atoms with Crippen LogP contribution < -0.4 is 0 Å². The average Bonchev–Trinajstić information content (AvgIpc) is 2.82. The molecule has 0 saturated heterocycles. The summed E-state index contributed by atoms with van der Waals surface area (Å²) in [6.07, 6.45) is 7.22. The van der Waals surface area contributed by atoms with Crippen LogP contribution in [-0.4, -0.2) is 7.85 Å². The van der Waals surface area contributed by atoms with E-state index in [9.17, 15) is 0 Å². The molecule has 0 N–H and O–H groups in total. The van der Waals surface area contributed by atoms with Gasteiger partial charge in [-0.2, -0.15) is 6.32 Å². The Morgan fingerprint density at radius 1 is 1.20 bits per heavy atom. The molecule has 1 aromatic carbocycles. The van der Waals surface area contributed by atoms with Crippen molar-refractivity contribution in [2.75, 3.05) is 0 Å². The molecule has 0 spiro atoms. The molecule has 0 amide bonds. The van der Waals surface area contributed by atoms with E-state index in [1.165, 1.54) is 32.0 Å². The summed E-state index contributed by atoms with van der Waals surface area (Å²) in [5.74, 6) is 1.74. The van der Waals surface area contributed by atoms with Gasteiger partial charge in [0.25, 0.3) is 0 Å². The highest BCUT2D eigenvalue weighted by atomic mass is 14.3. The first kappa shape index (κ1) is 10.8. The predicted molar refractivity (Wildman–Crippen MR) is 70.5 cm³/mol. The first-order valence-corrected chi connectivity index (χ1v) is 5.69. The fourth-order valence-corrected chi connectivity index (χ4v) is 2.55. The summed E-state index contributed by atoms with van der Waals surface area (Å²) in [7, 11) is 0.527. The summed E-state index contributed by atoms with van der Waals surface area (Å²) in [6, 6.07) is 9.46. The van der Waals surface area contributed by atoms with Crippen molar-refractivity contribution in [3.05, 3.63) is 35.4 Å². The Hall–Kier alpha value is -0.715. The highest BCUT2D eigenvalue weighted by Crippen LogP contribution is 2.36. The Kier molecular flexibility index (Phi) is 3.51. The molecule has 0 nitrogen and oxygen atoms in total. The van der Waals surface area contributed by atoms with E-state index in [0.717, 1.165) is 11.8 Å². The monoisotopic (exact) mass is 201 g/mol. The van der Waals surface area contributed by atoms with Crippen LogP contribution >= 0.6 is 0 Å². The molecule has 0 aliphatic heterocycles. The van der Waals surface area contributed by atoms with Crippen LogP contribution in [0.1, 0.15) is 49.7 Å². The second-order valence-electron chi connectivity index (χ2n) is 4.57. The summed E-state index contributed by atoms with van der Waals surface area (Å²) in [5.41, 5.74) is 3.14. The second kappa shape index (κ2) is 4.87. The van der Waals surface area contributed by atoms with Gasteiger partial charge >= 0.3 is 0 Å². The van der Waals surface area contributed by atoms with Crippen LogP contribution in [0.2, 0.25) is 0 Å². The first-order chi connectivity index (χ1) is 7.31. The van der Waals surface area contributed by atoms with Gasteiger partial charge in [-0.1, -0.05) is 49.6 Å². The van der Waals surface area contributed by atoms with Crippen LogP contribution in [0.25, 0.3) is 0 Å². The summed E-state index contributed by atoms with van der Waals surface area (Å²) in [4.78, 5) is 0. The standard InChI is InChI=1S/C14H22B/c1-11(13-4-2-3-5-13)14-8-6-12(10-15)7-9-14/h6-9,11,13H,2-5,10H2,1,15H3/q-1. The van der Waals surface area contributed by atoms with Crippen molar-refractivity contribution in [3.63, 3.8) is 0 Å². The highest BCUT2D eigenvalue weighted by molar-refractivity contribution is 6.08. The maximum atomic E-state index is 2.42. The fraction of sp³-hybridized carbons (Fsp3) is 0.571. The number of hydrogen-bond donors (Lipinski definition) is 0. The minimum absolute atomic E-state index is 0.527. The van der Waals surface area contributed by atoms with Crippen molar-refractivity contribution < 1.29 is 0 Å². The lowest BCUT2D eigenvalue weighted by Gasteiger charge is -2.19. The van der Waals surface area contributed by atoms with Crippen LogP contribution in [0.5, 0.6) is 0 Å². The molecule has 1 saturated carbocycles. The van der Waals surface area contributed by atoms with E-state index in [2.05, 4.69) is 31.2 Å². The third-order valence-electron chi connectivity index (χ3n) is 3.61. The Bertz CT molecular complexity index is 296. The van der Waals surface area contributed by atoms with Gasteiger partial charge in [-0.3, -0.25) is 0 Å². The van der Waals surface area contributed by atoms with E-state index in [4.69, 9.17) is 0 Å². The molecule has 0 heterocycles. The maximum absolute atomic E-state index is 2.42. The number of benzene rings is 1. The quantitative estimate of drug-likeness (QED) is 0.659. The summed E-state index contributed by atoms with van der Waals surface area (Å²) in [6.45, 7) is 2.42. The van der Waals surface area contributed by atoms with E-state index in [1.54, 1.807) is 11.1 Å². The topological polar surface area (TPSA) is 0 Å². The molecule has 1 aliphatic rings. The molecule has 1 atom stereocenters. The number of rotatable bonds is 3. The normalized spacial score (nSPS) is 19.3. The molecule has 2 rings (SSSR count). The van der Waals surface area contributed by atoms with Gasteiger partial charge in [0.2, 0.25) is 0 Å². The van der Waals surface area contributed by atoms with E-state index in [-0.39, 0.29) is 0 Å². The molecule has 82 valence electrons. The van der Waals surface area contributed by atoms with Gasteiger partial charge in [-0.15, -0.1) is 0 Å². The largest absolute Gasteiger partial charge is 0.162 e. The molecule has 1 aromatic rings. The molecule has 15 heavy (non-hydrogen) atoms. The van der Waals surface area contributed by atoms with Crippen LogP contribution in [0.4, 0.5) is 0 Å². The Morgan fingerprint density at radius 3 is 2.33 bits per heavy atom. The summed E-state index contributed by atoms with van der Waals surface area (Å²) < 4.78 is 0. The van der Waals surface area contributed by atoms with Gasteiger partial charge in [0.15, 0.2) is 0 Å². The lowest BCUT2D eigenvalue weighted by molar-refractivity contribution is 0.461. The van der Waals surface area contributed by atoms with Crippen molar-refractivity contribution in [2.24, 2.45) is 5.92 Å². The maximum Gasteiger partial charge on any atom is -0.0162 e. The van der Waals surface area contributed by atoms with Gasteiger partial charge in [-0.05, 0) is 38.1 Å². The molecule has 0 radical (unpaired) electrons. The van der Waals surface area contributed by atoms with Crippen LogP contribution in [0.15, 0.2) is 24.3 Å². The van der Waals surface area contributed by atoms with E-state index in [0.29, 0.717) is 7.85 Å². The van der Waals surface area contributed by atoms with Gasteiger partial charge < -0.3 is 0 Å². The minimum atomic E-state index is 0.527. The molecule has 1 aliphatic carbocycles. The van der Waals surface area contributed by atoms with Crippen molar-refractivity contribution in [1.29, 1.82) is 0 Å². The SMILES string of the molecule is [BH3-]Cc1ccc(C(C)C2CCCC2)cc1. The van der Waals surface area contributed by atoms with Gasteiger partial charge in [0.1, 0.15) is 0 Å². The Labute approximate surface area is 94.5 Å². The molecule has 0 bridgehead atoms. The molecule has 1 heteroatoms. The zero-order valence-corrected chi connectivity index (χ0v) is 9.00. The minimum Gasteiger partial charge on any atom is -0.162 e. The van der Waals surface area contributed by atoms with Crippen LogP contribution in [-0.2, 0) is 6.32 Å². The van der Waals surface area contributed by atoms with Gasteiger partial charge in [0, 0.05) is 0 Å². The predicted octanol–water partition coefficient (Wildman–Crippen LogP) is 2.85. The highest BCUT2D eigenvalue weighted by Gasteiger charge is 2.22. The first-order valence-electron chi connectivity index (χ1n) is 5.69. The molecular formula is C14H22B-. The Balaban J connectivity index is 2.07. The molecule has 1 fully saturated rings. The van der Waals surface area contributed by atoms with Crippen molar-refractivity contribution in [3.8, 4) is 0 Å². The van der Waals surface area contributed by atoms with Crippen molar-refractivity contribution in [2.45, 2.75) is 44.8 Å². The zero-order valence-electron chi connectivity index (χ0n) is 9.00. The van der Waals surface area contributed by atoms with E-state index < -0.39 is 0 Å².